The van der Waals surface area contributed by atoms with E-state index in [0.29, 0.717) is 6.61 Å². The Hall–Kier alpha value is -1.24. The first-order valence-electron chi connectivity index (χ1n) is 6.48. The van der Waals surface area contributed by atoms with E-state index in [4.69, 9.17) is 4.74 Å². The van der Waals surface area contributed by atoms with Gasteiger partial charge < -0.3 is 4.74 Å². The summed E-state index contributed by atoms with van der Waals surface area (Å²) in [5.74, 6) is 0.922. The Morgan fingerprint density at radius 2 is 1.88 bits per heavy atom. The van der Waals surface area contributed by atoms with Crippen molar-refractivity contribution in [3.05, 3.63) is 48.2 Å². The number of hydrogen-bond donors (Lipinski definition) is 0. The third kappa shape index (κ3) is 3.92. The Balaban J connectivity index is 2.54. The van der Waals surface area contributed by atoms with Crippen molar-refractivity contribution in [3.8, 4) is 0 Å². The van der Waals surface area contributed by atoms with Crippen LogP contribution in [0.4, 0.5) is 0 Å². The molecule has 0 N–H and O–H groups in total. The number of ether oxygens (including phenoxy) is 1. The molecule has 1 unspecified atom stereocenters. The van der Waals surface area contributed by atoms with Gasteiger partial charge in [-0.15, -0.1) is 0 Å². The van der Waals surface area contributed by atoms with Gasteiger partial charge in [0, 0.05) is 5.41 Å². The first kappa shape index (κ1) is 13.8. The molecular formula is C16H24O. The second kappa shape index (κ2) is 6.48. The molecule has 1 heteroatoms. The third-order valence-corrected chi connectivity index (χ3v) is 3.51. The molecule has 1 aromatic rings. The molecule has 0 bridgehead atoms. The molecule has 0 spiro atoms. The van der Waals surface area contributed by atoms with Crippen LogP contribution in [0.25, 0.3) is 0 Å². The Kier molecular flexibility index (Phi) is 5.27. The van der Waals surface area contributed by atoms with Gasteiger partial charge in [0.15, 0.2) is 0 Å². The molecule has 0 heterocycles. The zero-order valence-corrected chi connectivity index (χ0v) is 11.3. The Morgan fingerprint density at radius 3 is 2.41 bits per heavy atom. The molecule has 0 amide bonds. The molecule has 0 saturated carbocycles. The molecule has 0 saturated heterocycles. The van der Waals surface area contributed by atoms with Crippen molar-refractivity contribution in [3.63, 3.8) is 0 Å². The maximum Gasteiger partial charge on any atom is 0.113 e. The molecule has 0 fully saturated rings. The summed E-state index contributed by atoms with van der Waals surface area (Å²) in [5.41, 5.74) is 1.31. The second-order valence-corrected chi connectivity index (χ2v) is 4.86. The molecule has 0 aromatic heterocycles. The van der Waals surface area contributed by atoms with E-state index in [2.05, 4.69) is 39.5 Å². The smallest absolute Gasteiger partial charge is 0.113 e. The van der Waals surface area contributed by atoms with Crippen LogP contribution in [0, 0.1) is 5.41 Å². The minimum atomic E-state index is 0.115. The van der Waals surface area contributed by atoms with Crippen molar-refractivity contribution in [1.29, 1.82) is 0 Å². The molecular weight excluding hydrogens is 208 g/mol. The molecule has 1 rings (SSSR count). The second-order valence-electron chi connectivity index (χ2n) is 4.86. The summed E-state index contributed by atoms with van der Waals surface area (Å²) < 4.78 is 5.84. The molecule has 0 aliphatic heterocycles. The van der Waals surface area contributed by atoms with Crippen LogP contribution in [-0.4, -0.2) is 0 Å². The van der Waals surface area contributed by atoms with Gasteiger partial charge >= 0.3 is 0 Å². The highest BCUT2D eigenvalue weighted by molar-refractivity contribution is 5.14. The third-order valence-electron chi connectivity index (χ3n) is 3.51. The van der Waals surface area contributed by atoms with E-state index in [1.807, 2.05) is 18.2 Å². The summed E-state index contributed by atoms with van der Waals surface area (Å²) in [5, 5.41) is 0. The molecule has 17 heavy (non-hydrogen) atoms. The highest BCUT2D eigenvalue weighted by Gasteiger charge is 2.26. The van der Waals surface area contributed by atoms with Gasteiger partial charge in [-0.2, -0.15) is 0 Å². The van der Waals surface area contributed by atoms with Gasteiger partial charge in [0.05, 0.1) is 5.76 Å². The molecule has 1 aromatic carbocycles. The van der Waals surface area contributed by atoms with Gasteiger partial charge in [-0.25, -0.2) is 0 Å². The van der Waals surface area contributed by atoms with Gasteiger partial charge in [0.2, 0.25) is 0 Å². The van der Waals surface area contributed by atoms with Crippen LogP contribution >= 0.6 is 0 Å². The lowest BCUT2D eigenvalue weighted by molar-refractivity contribution is 0.116. The van der Waals surface area contributed by atoms with Crippen molar-refractivity contribution in [1.82, 2.24) is 0 Å². The average Bonchev–Trinajstić information content (AvgIpc) is 2.37. The van der Waals surface area contributed by atoms with E-state index in [0.717, 1.165) is 25.0 Å². The lowest BCUT2D eigenvalue weighted by Gasteiger charge is -2.30. The summed E-state index contributed by atoms with van der Waals surface area (Å²) in [6.45, 7) is 11.4. The van der Waals surface area contributed by atoms with Crippen molar-refractivity contribution in [2.75, 3.05) is 0 Å². The summed E-state index contributed by atoms with van der Waals surface area (Å²) in [4.78, 5) is 0. The number of rotatable bonds is 7. The quantitative estimate of drug-likeness (QED) is 0.605. The normalized spacial score (nSPS) is 14.1. The number of benzene rings is 1. The van der Waals surface area contributed by atoms with E-state index in [9.17, 15) is 0 Å². The summed E-state index contributed by atoms with van der Waals surface area (Å²) >= 11 is 0. The molecule has 1 nitrogen and oxygen atoms in total. The highest BCUT2D eigenvalue weighted by atomic mass is 16.5. The lowest BCUT2D eigenvalue weighted by atomic mass is 9.81. The van der Waals surface area contributed by atoms with E-state index in [-0.39, 0.29) is 5.41 Å². The predicted molar refractivity (Wildman–Crippen MR) is 73.7 cm³/mol. The first-order chi connectivity index (χ1) is 8.12. The number of hydrogen-bond acceptors (Lipinski definition) is 1. The predicted octanol–water partition coefficient (Wildman–Crippen LogP) is 4.93. The fourth-order valence-corrected chi connectivity index (χ4v) is 1.98. The van der Waals surface area contributed by atoms with E-state index in [1.165, 1.54) is 5.56 Å². The SMILES string of the molecule is C=C(OCc1ccccc1)C(C)(CC)CCC. The topological polar surface area (TPSA) is 9.23 Å². The first-order valence-corrected chi connectivity index (χ1v) is 6.48. The molecule has 0 aliphatic rings. The zero-order chi connectivity index (χ0) is 12.7. The maximum atomic E-state index is 5.84. The molecule has 1 atom stereocenters. The van der Waals surface area contributed by atoms with Crippen molar-refractivity contribution in [2.24, 2.45) is 5.41 Å². The van der Waals surface area contributed by atoms with Crippen LogP contribution in [-0.2, 0) is 11.3 Å². The van der Waals surface area contributed by atoms with Gasteiger partial charge in [-0.05, 0) is 18.4 Å². The maximum absolute atomic E-state index is 5.84. The standard InChI is InChI=1S/C16H24O/c1-5-12-16(4,6-2)14(3)17-13-15-10-8-7-9-11-15/h7-11H,3,5-6,12-13H2,1-2,4H3. The van der Waals surface area contributed by atoms with Gasteiger partial charge in [-0.1, -0.05) is 64.1 Å². The van der Waals surface area contributed by atoms with Crippen LogP contribution in [0.5, 0.6) is 0 Å². The fraction of sp³-hybridized carbons (Fsp3) is 0.500. The Morgan fingerprint density at radius 1 is 1.24 bits per heavy atom. The van der Waals surface area contributed by atoms with Crippen LogP contribution in [0.3, 0.4) is 0 Å². The largest absolute Gasteiger partial charge is 0.493 e. The van der Waals surface area contributed by atoms with E-state index < -0.39 is 0 Å². The molecule has 0 aliphatic carbocycles. The summed E-state index contributed by atoms with van der Waals surface area (Å²) in [6, 6.07) is 10.2. The summed E-state index contributed by atoms with van der Waals surface area (Å²) in [7, 11) is 0. The van der Waals surface area contributed by atoms with Crippen LogP contribution in [0.15, 0.2) is 42.7 Å². The van der Waals surface area contributed by atoms with E-state index >= 15 is 0 Å². The average molecular weight is 232 g/mol. The lowest BCUT2D eigenvalue weighted by Crippen LogP contribution is -2.19. The van der Waals surface area contributed by atoms with Gasteiger partial charge in [0.1, 0.15) is 6.61 Å². The van der Waals surface area contributed by atoms with Crippen LogP contribution in [0.2, 0.25) is 0 Å². The molecule has 94 valence electrons. The van der Waals surface area contributed by atoms with Gasteiger partial charge in [0.25, 0.3) is 0 Å². The number of allylic oxidation sites excluding steroid dienone is 1. The summed E-state index contributed by atoms with van der Waals surface area (Å²) in [6.07, 6.45) is 3.38. The van der Waals surface area contributed by atoms with E-state index in [1.54, 1.807) is 0 Å². The minimum absolute atomic E-state index is 0.115. The van der Waals surface area contributed by atoms with Crippen molar-refractivity contribution < 1.29 is 4.74 Å². The van der Waals surface area contributed by atoms with Crippen LogP contribution < -0.4 is 0 Å². The highest BCUT2D eigenvalue weighted by Crippen LogP contribution is 2.35. The minimum Gasteiger partial charge on any atom is -0.493 e. The van der Waals surface area contributed by atoms with Crippen LogP contribution in [0.1, 0.15) is 45.6 Å². The monoisotopic (exact) mass is 232 g/mol. The molecule has 0 radical (unpaired) electrons. The van der Waals surface area contributed by atoms with Gasteiger partial charge in [-0.3, -0.25) is 0 Å². The van der Waals surface area contributed by atoms with Crippen molar-refractivity contribution >= 4 is 0 Å². The Labute approximate surface area is 106 Å². The van der Waals surface area contributed by atoms with Crippen molar-refractivity contribution in [2.45, 2.75) is 46.6 Å². The Bertz CT molecular complexity index is 342. The fourth-order valence-electron chi connectivity index (χ4n) is 1.98. The zero-order valence-electron chi connectivity index (χ0n) is 11.3.